The summed E-state index contributed by atoms with van der Waals surface area (Å²) in [4.78, 5) is 0. The van der Waals surface area contributed by atoms with Crippen LogP contribution < -0.4 is 0 Å². The molecule has 0 saturated heterocycles. The molecular formula is C24H51O3P. The second kappa shape index (κ2) is 20.6. The Hall–Kier alpha value is 0.310. The van der Waals surface area contributed by atoms with Crippen LogP contribution in [0.2, 0.25) is 0 Å². The summed E-state index contributed by atoms with van der Waals surface area (Å²) in [5.41, 5.74) is 0. The van der Waals surface area contributed by atoms with Gasteiger partial charge >= 0.3 is 8.60 Å². The fourth-order valence-electron chi connectivity index (χ4n) is 3.74. The average Bonchev–Trinajstić information content (AvgIpc) is 2.65. The van der Waals surface area contributed by atoms with Crippen LogP contribution in [0.15, 0.2) is 0 Å². The Labute approximate surface area is 178 Å². The molecule has 0 amide bonds. The fourth-order valence-corrected chi connectivity index (χ4v) is 4.79. The van der Waals surface area contributed by atoms with Crippen molar-refractivity contribution < 1.29 is 13.6 Å². The summed E-state index contributed by atoms with van der Waals surface area (Å²) in [6, 6.07) is 0. The molecule has 0 aliphatic rings. The lowest BCUT2D eigenvalue weighted by Gasteiger charge is -2.18. The first-order chi connectivity index (χ1) is 13.5. The summed E-state index contributed by atoms with van der Waals surface area (Å²) in [7, 11) is -1.18. The van der Waals surface area contributed by atoms with Gasteiger partial charge in [-0.1, -0.05) is 80.1 Å². The van der Waals surface area contributed by atoms with Gasteiger partial charge in [-0.05, 0) is 56.3 Å². The van der Waals surface area contributed by atoms with E-state index in [-0.39, 0.29) is 0 Å². The van der Waals surface area contributed by atoms with Crippen LogP contribution in [-0.4, -0.2) is 19.8 Å². The van der Waals surface area contributed by atoms with E-state index in [1.54, 1.807) is 0 Å². The van der Waals surface area contributed by atoms with Crippen molar-refractivity contribution in [3.63, 3.8) is 0 Å². The lowest BCUT2D eigenvalue weighted by molar-refractivity contribution is 0.149. The van der Waals surface area contributed by atoms with E-state index < -0.39 is 8.60 Å². The Morgan fingerprint density at radius 3 is 1.04 bits per heavy atom. The molecule has 28 heavy (non-hydrogen) atoms. The van der Waals surface area contributed by atoms with E-state index in [1.165, 1.54) is 57.8 Å². The monoisotopic (exact) mass is 418 g/mol. The van der Waals surface area contributed by atoms with Gasteiger partial charge in [-0.3, -0.25) is 0 Å². The van der Waals surface area contributed by atoms with Crippen molar-refractivity contribution in [2.45, 2.75) is 119 Å². The average molecular weight is 419 g/mol. The van der Waals surface area contributed by atoms with Crippen LogP contribution in [-0.2, 0) is 13.6 Å². The zero-order chi connectivity index (χ0) is 21.0. The second-order valence-corrected chi connectivity index (χ2v) is 10.1. The van der Waals surface area contributed by atoms with Crippen molar-refractivity contribution in [3.05, 3.63) is 0 Å². The van der Waals surface area contributed by atoms with Gasteiger partial charge in [0.05, 0.1) is 19.8 Å². The molecule has 0 aromatic heterocycles. The minimum atomic E-state index is -1.18. The van der Waals surface area contributed by atoms with Gasteiger partial charge in [0.1, 0.15) is 0 Å². The third-order valence-corrected chi connectivity index (χ3v) is 6.64. The van der Waals surface area contributed by atoms with E-state index in [9.17, 15) is 0 Å². The fraction of sp³-hybridized carbons (Fsp3) is 1.00. The van der Waals surface area contributed by atoms with Crippen LogP contribution in [0, 0.1) is 17.8 Å². The maximum absolute atomic E-state index is 6.00. The van der Waals surface area contributed by atoms with Crippen molar-refractivity contribution >= 4 is 8.60 Å². The summed E-state index contributed by atoms with van der Waals surface area (Å²) >= 11 is 0. The Kier molecular flexibility index (Phi) is 20.8. The molecule has 0 heterocycles. The van der Waals surface area contributed by atoms with E-state index in [1.807, 2.05) is 0 Å². The normalized spacial score (nSPS) is 16.1. The minimum absolute atomic E-state index is 0.762. The van der Waals surface area contributed by atoms with Crippen LogP contribution in [0.1, 0.15) is 119 Å². The van der Waals surface area contributed by atoms with Crippen LogP contribution >= 0.6 is 8.60 Å². The highest BCUT2D eigenvalue weighted by atomic mass is 31.2. The summed E-state index contributed by atoms with van der Waals surface area (Å²) in [5.74, 6) is 2.38. The lowest BCUT2D eigenvalue weighted by Crippen LogP contribution is -2.04. The number of rotatable bonds is 21. The molecule has 170 valence electrons. The molecule has 0 N–H and O–H groups in total. The standard InChI is InChI=1S/C24H51O3P/c1-7-13-22(4)16-10-19-25-28(26-20-11-17-23(5)14-8-2)27-21-12-18-24(6)15-9-3/h22-24H,7-21H2,1-6H3. The molecule has 0 fully saturated rings. The molecule has 0 saturated carbocycles. The van der Waals surface area contributed by atoms with Gasteiger partial charge in [0.25, 0.3) is 0 Å². The predicted molar refractivity (Wildman–Crippen MR) is 125 cm³/mol. The molecule has 3 atom stereocenters. The Bertz CT molecular complexity index is 267. The van der Waals surface area contributed by atoms with E-state index >= 15 is 0 Å². The van der Waals surface area contributed by atoms with Gasteiger partial charge in [0.15, 0.2) is 0 Å². The quantitative estimate of drug-likeness (QED) is 0.137. The van der Waals surface area contributed by atoms with Gasteiger partial charge in [-0.15, -0.1) is 0 Å². The maximum Gasteiger partial charge on any atom is 0.332 e. The van der Waals surface area contributed by atoms with Gasteiger partial charge < -0.3 is 13.6 Å². The molecule has 4 heteroatoms. The molecule has 0 spiro atoms. The van der Waals surface area contributed by atoms with E-state index in [2.05, 4.69) is 41.5 Å². The smallest absolute Gasteiger partial charge is 0.312 e. The first kappa shape index (κ1) is 28.3. The summed E-state index contributed by atoms with van der Waals surface area (Å²) in [6.45, 7) is 16.1. The molecule has 0 aliphatic heterocycles. The van der Waals surface area contributed by atoms with Crippen LogP contribution in [0.4, 0.5) is 0 Å². The Morgan fingerprint density at radius 2 is 0.786 bits per heavy atom. The molecule has 0 aliphatic carbocycles. The van der Waals surface area contributed by atoms with Crippen molar-refractivity contribution in [3.8, 4) is 0 Å². The van der Waals surface area contributed by atoms with E-state index in [0.717, 1.165) is 56.8 Å². The number of hydrogen-bond donors (Lipinski definition) is 0. The lowest BCUT2D eigenvalue weighted by atomic mass is 10.0. The number of hydrogen-bond acceptors (Lipinski definition) is 3. The molecule has 0 radical (unpaired) electrons. The third-order valence-electron chi connectivity index (χ3n) is 5.46. The topological polar surface area (TPSA) is 27.7 Å². The first-order valence-corrected chi connectivity index (χ1v) is 13.3. The van der Waals surface area contributed by atoms with Crippen molar-refractivity contribution in [2.75, 3.05) is 19.8 Å². The Morgan fingerprint density at radius 1 is 0.500 bits per heavy atom. The van der Waals surface area contributed by atoms with Gasteiger partial charge in [-0.2, -0.15) is 0 Å². The van der Waals surface area contributed by atoms with Crippen LogP contribution in [0.5, 0.6) is 0 Å². The highest BCUT2D eigenvalue weighted by molar-refractivity contribution is 7.41. The second-order valence-electron chi connectivity index (χ2n) is 8.83. The predicted octanol–water partition coefficient (Wildman–Crippen LogP) is 8.91. The van der Waals surface area contributed by atoms with Gasteiger partial charge in [0.2, 0.25) is 0 Å². The van der Waals surface area contributed by atoms with Crippen LogP contribution in [0.25, 0.3) is 0 Å². The zero-order valence-corrected chi connectivity index (χ0v) is 20.9. The van der Waals surface area contributed by atoms with Crippen LogP contribution in [0.3, 0.4) is 0 Å². The first-order valence-electron chi connectivity index (χ1n) is 12.2. The van der Waals surface area contributed by atoms with Gasteiger partial charge in [0, 0.05) is 0 Å². The molecule has 0 bridgehead atoms. The summed E-state index contributed by atoms with van der Waals surface area (Å²) < 4.78 is 18.0. The highest BCUT2D eigenvalue weighted by Gasteiger charge is 2.14. The molecule has 3 unspecified atom stereocenters. The van der Waals surface area contributed by atoms with Gasteiger partial charge in [-0.25, -0.2) is 0 Å². The maximum atomic E-state index is 6.00. The highest BCUT2D eigenvalue weighted by Crippen LogP contribution is 2.40. The summed E-state index contributed by atoms with van der Waals surface area (Å²) in [6.07, 6.45) is 14.8. The molecule has 3 nitrogen and oxygen atoms in total. The summed E-state index contributed by atoms with van der Waals surface area (Å²) in [5, 5.41) is 0. The SMILES string of the molecule is CCCC(C)CCCOP(OCCCC(C)CCC)OCCCC(C)CCC. The molecule has 0 aromatic carbocycles. The largest absolute Gasteiger partial charge is 0.332 e. The zero-order valence-electron chi connectivity index (χ0n) is 20.0. The third kappa shape index (κ3) is 18.3. The van der Waals surface area contributed by atoms with E-state index in [4.69, 9.17) is 13.6 Å². The van der Waals surface area contributed by atoms with Crippen molar-refractivity contribution in [1.29, 1.82) is 0 Å². The van der Waals surface area contributed by atoms with Crippen molar-refractivity contribution in [2.24, 2.45) is 17.8 Å². The Balaban J connectivity index is 4.07. The molecule has 0 rings (SSSR count). The molecular weight excluding hydrogens is 367 g/mol. The van der Waals surface area contributed by atoms with Crippen molar-refractivity contribution in [1.82, 2.24) is 0 Å². The molecule has 0 aromatic rings. The minimum Gasteiger partial charge on any atom is -0.312 e. The van der Waals surface area contributed by atoms with E-state index in [0.29, 0.717) is 0 Å².